The number of aliphatic imine (C=N–C) groups is 1. The third-order valence-electron chi connectivity index (χ3n) is 2.31. The molecule has 0 aromatic heterocycles. The molecule has 15 N–H and O–H groups in total. The quantitative estimate of drug-likeness (QED) is 0.101. The second-order valence-corrected chi connectivity index (χ2v) is 4.65. The van der Waals surface area contributed by atoms with Gasteiger partial charge in [-0.15, -0.1) is 0 Å². The minimum Gasteiger partial charge on any atom is -0.480 e. The van der Waals surface area contributed by atoms with Crippen LogP contribution in [0.4, 0.5) is 0 Å². The van der Waals surface area contributed by atoms with Gasteiger partial charge in [0.2, 0.25) is 0 Å². The van der Waals surface area contributed by atoms with Gasteiger partial charge in [-0.3, -0.25) is 19.4 Å². The third-order valence-corrected chi connectivity index (χ3v) is 2.31. The number of carboxylic acid groups (broad SMARTS) is 3. The summed E-state index contributed by atoms with van der Waals surface area (Å²) in [6.07, 6.45) is 0.956. The first-order chi connectivity index (χ1) is 11.9. The fourth-order valence-corrected chi connectivity index (χ4v) is 0.799. The van der Waals surface area contributed by atoms with Crippen LogP contribution in [0.15, 0.2) is 4.99 Å². The molecule has 26 heavy (non-hydrogen) atoms. The van der Waals surface area contributed by atoms with Gasteiger partial charge in [0.1, 0.15) is 18.1 Å². The third kappa shape index (κ3) is 21.5. The number of aliphatic carboxylic acids is 3. The Hall–Kier alpha value is -2.52. The lowest BCUT2D eigenvalue weighted by Gasteiger charge is -2.03. The Morgan fingerprint density at radius 3 is 1.31 bits per heavy atom. The van der Waals surface area contributed by atoms with Crippen LogP contribution in [0.5, 0.6) is 0 Å². The molecule has 154 valence electrons. The smallest absolute Gasteiger partial charge is 0.322 e. The van der Waals surface area contributed by atoms with E-state index in [1.165, 1.54) is 0 Å². The van der Waals surface area contributed by atoms with Crippen molar-refractivity contribution in [3.63, 3.8) is 0 Å². The summed E-state index contributed by atoms with van der Waals surface area (Å²) < 4.78 is 0. The number of carbonyl (C=O) groups is 3. The molecule has 3 unspecified atom stereocenters. The Morgan fingerprint density at radius 1 is 0.769 bits per heavy atom. The van der Waals surface area contributed by atoms with Crippen molar-refractivity contribution in [2.45, 2.75) is 31.0 Å². The van der Waals surface area contributed by atoms with Crippen molar-refractivity contribution in [1.29, 1.82) is 0 Å². The van der Waals surface area contributed by atoms with Gasteiger partial charge in [0.05, 0.1) is 13.2 Å². The lowest BCUT2D eigenvalue weighted by atomic mass is 10.2. The Bertz CT molecular complexity index is 423. The maximum atomic E-state index is 10.2. The fourth-order valence-electron chi connectivity index (χ4n) is 0.799. The average Bonchev–Trinajstić information content (AvgIpc) is 2.57. The van der Waals surface area contributed by atoms with E-state index in [0.717, 1.165) is 0 Å². The number of aliphatic hydroxyl groups is 2. The van der Waals surface area contributed by atoms with E-state index in [0.29, 0.717) is 19.4 Å². The van der Waals surface area contributed by atoms with E-state index >= 15 is 0 Å². The molecule has 0 saturated carbocycles. The number of hydrogen-bond donors (Lipinski definition) is 10. The Kier molecular flexibility index (Phi) is 18.8. The highest BCUT2D eigenvalue weighted by Crippen LogP contribution is 1.94. The average molecular weight is 384 g/mol. The minimum absolute atomic E-state index is 0.0129. The Morgan fingerprint density at radius 2 is 1.12 bits per heavy atom. The van der Waals surface area contributed by atoms with Crippen molar-refractivity contribution in [2.24, 2.45) is 33.7 Å². The maximum Gasteiger partial charge on any atom is 0.322 e. The number of rotatable bonds is 9. The van der Waals surface area contributed by atoms with Gasteiger partial charge < -0.3 is 54.2 Å². The monoisotopic (exact) mass is 384 g/mol. The zero-order valence-corrected chi connectivity index (χ0v) is 14.1. The highest BCUT2D eigenvalue weighted by Gasteiger charge is 2.09. The van der Waals surface area contributed by atoms with Gasteiger partial charge in [-0.05, 0) is 12.8 Å². The molecule has 0 heterocycles. The zero-order chi connectivity index (χ0) is 21.3. The van der Waals surface area contributed by atoms with E-state index in [1.54, 1.807) is 0 Å². The van der Waals surface area contributed by atoms with Gasteiger partial charge in [0.25, 0.3) is 0 Å². The van der Waals surface area contributed by atoms with E-state index in [1.807, 2.05) is 0 Å². The van der Waals surface area contributed by atoms with Gasteiger partial charge in [-0.25, -0.2) is 0 Å². The molecule has 0 aliphatic heterocycles. The summed E-state index contributed by atoms with van der Waals surface area (Å²) in [5.74, 6) is -3.34. The molecule has 0 aliphatic carbocycles. The van der Waals surface area contributed by atoms with Crippen LogP contribution in [0.25, 0.3) is 0 Å². The summed E-state index contributed by atoms with van der Waals surface area (Å²) in [4.78, 5) is 33.2. The highest BCUT2D eigenvalue weighted by atomic mass is 16.4. The van der Waals surface area contributed by atoms with Gasteiger partial charge in [0.15, 0.2) is 5.96 Å². The molecule has 14 heteroatoms. The molecule has 0 spiro atoms. The summed E-state index contributed by atoms with van der Waals surface area (Å²) >= 11 is 0. The van der Waals surface area contributed by atoms with E-state index in [2.05, 4.69) is 4.99 Å². The van der Waals surface area contributed by atoms with Gasteiger partial charge in [-0.1, -0.05) is 0 Å². The summed E-state index contributed by atoms with van der Waals surface area (Å²) in [6.45, 7) is -0.589. The van der Waals surface area contributed by atoms with E-state index in [9.17, 15) is 14.4 Å². The first kappa shape index (κ1) is 28.3. The second kappa shape index (κ2) is 17.3. The molecular formula is C12H28N6O8. The molecule has 0 aromatic rings. The van der Waals surface area contributed by atoms with Crippen molar-refractivity contribution in [2.75, 3.05) is 19.8 Å². The first-order valence-electron chi connectivity index (χ1n) is 7.12. The predicted molar refractivity (Wildman–Crippen MR) is 90.9 cm³/mol. The van der Waals surface area contributed by atoms with Crippen LogP contribution in [-0.4, -0.2) is 87.3 Å². The number of carboxylic acids is 3. The number of nitrogens with zero attached hydrogens (tertiary/aromatic N) is 1. The molecule has 0 aromatic carbocycles. The summed E-state index contributed by atoms with van der Waals surface area (Å²) in [5.41, 5.74) is 24.9. The van der Waals surface area contributed by atoms with Crippen LogP contribution in [0.3, 0.4) is 0 Å². The van der Waals surface area contributed by atoms with Gasteiger partial charge in [0, 0.05) is 6.54 Å². The molecule has 0 aliphatic rings. The van der Waals surface area contributed by atoms with Crippen molar-refractivity contribution in [3.8, 4) is 0 Å². The van der Waals surface area contributed by atoms with Crippen molar-refractivity contribution in [1.82, 2.24) is 0 Å². The number of nitrogens with two attached hydrogens (primary N) is 5. The van der Waals surface area contributed by atoms with Gasteiger partial charge >= 0.3 is 17.9 Å². The number of hydrogen-bond acceptors (Lipinski definition) is 9. The molecule has 0 fully saturated rings. The Balaban J connectivity index is -0.000000326. The van der Waals surface area contributed by atoms with E-state index < -0.39 is 49.2 Å². The Labute approximate surface area is 149 Å². The minimum atomic E-state index is -1.18. The topological polar surface area (TPSA) is 295 Å². The summed E-state index contributed by atoms with van der Waals surface area (Å²) in [6, 6.07) is -3.07. The lowest BCUT2D eigenvalue weighted by Crippen LogP contribution is -2.33. The van der Waals surface area contributed by atoms with Crippen LogP contribution in [0.1, 0.15) is 12.8 Å². The zero-order valence-electron chi connectivity index (χ0n) is 14.1. The molecule has 0 rings (SSSR count). The fraction of sp³-hybridized carbons (Fsp3) is 0.667. The summed E-state index contributed by atoms with van der Waals surface area (Å²) in [5, 5.41) is 40.2. The number of guanidine groups is 1. The molecular weight excluding hydrogens is 356 g/mol. The standard InChI is InChI=1S/C6H14N4O2.2C3H7NO3/c7-4(5(11)12)2-1-3-10-6(8)9;2*4-2(1-5)3(6)7/h4H,1-3,7H2,(H,11,12)(H4,8,9,10);2*2,5H,1,4H2,(H,6,7). The van der Waals surface area contributed by atoms with Crippen molar-refractivity contribution < 1.29 is 39.9 Å². The molecule has 0 saturated heterocycles. The van der Waals surface area contributed by atoms with Crippen LogP contribution in [0.2, 0.25) is 0 Å². The van der Waals surface area contributed by atoms with Crippen molar-refractivity contribution >= 4 is 23.9 Å². The molecule has 14 nitrogen and oxygen atoms in total. The predicted octanol–water partition coefficient (Wildman–Crippen LogP) is -4.77. The van der Waals surface area contributed by atoms with Crippen LogP contribution in [0, 0.1) is 0 Å². The van der Waals surface area contributed by atoms with E-state index in [-0.39, 0.29) is 5.96 Å². The molecule has 0 radical (unpaired) electrons. The summed E-state index contributed by atoms with van der Waals surface area (Å²) in [7, 11) is 0. The number of aliphatic hydroxyl groups excluding tert-OH is 2. The lowest BCUT2D eigenvalue weighted by molar-refractivity contribution is -0.140. The molecule has 0 bridgehead atoms. The van der Waals surface area contributed by atoms with Crippen LogP contribution in [-0.2, 0) is 14.4 Å². The first-order valence-corrected chi connectivity index (χ1v) is 7.12. The normalized spacial score (nSPS) is 12.8. The molecule has 0 amide bonds. The highest BCUT2D eigenvalue weighted by molar-refractivity contribution is 5.75. The second-order valence-electron chi connectivity index (χ2n) is 4.65. The van der Waals surface area contributed by atoms with Crippen molar-refractivity contribution in [3.05, 3.63) is 0 Å². The van der Waals surface area contributed by atoms with Crippen LogP contribution < -0.4 is 28.7 Å². The van der Waals surface area contributed by atoms with E-state index in [4.69, 9.17) is 54.2 Å². The van der Waals surface area contributed by atoms with Gasteiger partial charge in [-0.2, -0.15) is 0 Å². The molecule has 3 atom stereocenters. The SMILES string of the molecule is NC(CO)C(=O)O.NC(CO)C(=O)O.NC(N)=NCCCC(N)C(=O)O. The van der Waals surface area contributed by atoms with Crippen LogP contribution >= 0.6 is 0 Å². The maximum absolute atomic E-state index is 10.2. The largest absolute Gasteiger partial charge is 0.480 e.